The van der Waals surface area contributed by atoms with Crippen molar-refractivity contribution in [3.63, 3.8) is 0 Å². The van der Waals surface area contributed by atoms with Gasteiger partial charge in [0, 0.05) is 43.9 Å². The zero-order valence-corrected chi connectivity index (χ0v) is 28.4. The number of fused-ring (bicyclic) bond motifs is 1. The fourth-order valence-electron chi connectivity index (χ4n) is 6.59. The van der Waals surface area contributed by atoms with Crippen LogP contribution < -0.4 is 4.74 Å². The summed E-state index contributed by atoms with van der Waals surface area (Å²) in [6.45, 7) is 13.2. The Hall–Kier alpha value is -4.33. The minimum absolute atomic E-state index is 0.0566. The van der Waals surface area contributed by atoms with E-state index in [2.05, 4.69) is 11.1 Å². The number of hydrogen-bond donors (Lipinski definition) is 0. The Bertz CT molecular complexity index is 1490. The molecule has 1 aromatic carbocycles. The molecule has 3 aliphatic heterocycles. The topological polar surface area (TPSA) is 125 Å². The van der Waals surface area contributed by atoms with Gasteiger partial charge in [0.05, 0.1) is 18.7 Å². The van der Waals surface area contributed by atoms with Gasteiger partial charge in [-0.15, -0.1) is 0 Å². The van der Waals surface area contributed by atoms with Gasteiger partial charge in [0.15, 0.2) is 0 Å². The molecule has 5 rings (SSSR count). The number of benzene rings is 1. The summed E-state index contributed by atoms with van der Waals surface area (Å²) in [5.74, 6) is 0.638. The van der Waals surface area contributed by atoms with Gasteiger partial charge >= 0.3 is 12.2 Å². The summed E-state index contributed by atoms with van der Waals surface area (Å²) in [4.78, 5) is 48.8. The van der Waals surface area contributed by atoms with Crippen molar-refractivity contribution in [2.75, 3.05) is 19.6 Å². The van der Waals surface area contributed by atoms with E-state index < -0.39 is 23.8 Å². The molecule has 252 valence electrons. The highest BCUT2D eigenvalue weighted by Crippen LogP contribution is 2.32. The van der Waals surface area contributed by atoms with Gasteiger partial charge in [-0.1, -0.05) is 12.1 Å². The summed E-state index contributed by atoms with van der Waals surface area (Å²) in [6.07, 6.45) is 4.24. The molecule has 3 atom stereocenters. The van der Waals surface area contributed by atoms with Crippen LogP contribution in [-0.2, 0) is 27.2 Å². The van der Waals surface area contributed by atoms with E-state index in [1.165, 1.54) is 4.90 Å². The lowest BCUT2D eigenvalue weighted by Gasteiger charge is -2.39. The number of piperidine rings is 1. The molecule has 1 aromatic heterocycles. The van der Waals surface area contributed by atoms with Crippen LogP contribution in [-0.4, -0.2) is 87.3 Å². The third-order valence-electron chi connectivity index (χ3n) is 9.11. The molecule has 2 saturated heterocycles. The van der Waals surface area contributed by atoms with Crippen molar-refractivity contribution in [2.45, 2.75) is 110 Å². The molecule has 0 bridgehead atoms. The number of likely N-dealkylation sites (tertiary alicyclic amines) is 2. The average Bonchev–Trinajstić information content (AvgIpc) is 3.52. The third kappa shape index (κ3) is 8.16. The van der Waals surface area contributed by atoms with Crippen molar-refractivity contribution >= 4 is 18.1 Å². The number of carbonyl (C=O) groups excluding carboxylic acids is 3. The van der Waals surface area contributed by atoms with Crippen molar-refractivity contribution in [3.8, 4) is 23.1 Å². The fourth-order valence-corrected chi connectivity index (χ4v) is 6.59. The first kappa shape index (κ1) is 34.0. The molecular formula is C36H47N5O6. The molecule has 4 heterocycles. The van der Waals surface area contributed by atoms with Crippen LogP contribution in [0.25, 0.3) is 11.1 Å². The Balaban J connectivity index is 1.26. The van der Waals surface area contributed by atoms with E-state index in [1.54, 1.807) is 36.8 Å². The molecule has 3 aliphatic rings. The van der Waals surface area contributed by atoms with Crippen LogP contribution in [0.1, 0.15) is 78.4 Å². The maximum atomic E-state index is 13.7. The summed E-state index contributed by atoms with van der Waals surface area (Å²) in [6, 6.07) is 10.9. The van der Waals surface area contributed by atoms with Gasteiger partial charge in [-0.25, -0.2) is 14.6 Å². The Morgan fingerprint density at radius 1 is 0.936 bits per heavy atom. The third-order valence-corrected chi connectivity index (χ3v) is 9.11. The van der Waals surface area contributed by atoms with E-state index in [0.29, 0.717) is 44.3 Å². The van der Waals surface area contributed by atoms with Gasteiger partial charge < -0.3 is 24.0 Å². The number of ether oxygens (including phenoxy) is 3. The number of carbonyl (C=O) groups is 3. The molecule has 11 heteroatoms. The molecule has 11 nitrogen and oxygen atoms in total. The Kier molecular flexibility index (Phi) is 10.3. The second-order valence-corrected chi connectivity index (χ2v) is 14.1. The lowest BCUT2D eigenvalue weighted by Crippen LogP contribution is -2.55. The van der Waals surface area contributed by atoms with Crippen molar-refractivity contribution < 1.29 is 28.6 Å². The minimum atomic E-state index is -0.738. The van der Waals surface area contributed by atoms with Gasteiger partial charge in [-0.2, -0.15) is 5.26 Å². The van der Waals surface area contributed by atoms with Gasteiger partial charge in [0.1, 0.15) is 23.8 Å². The quantitative estimate of drug-likeness (QED) is 0.378. The molecule has 0 radical (unpaired) electrons. The zero-order valence-electron chi connectivity index (χ0n) is 28.4. The number of aromatic nitrogens is 1. The Labute approximate surface area is 277 Å². The summed E-state index contributed by atoms with van der Waals surface area (Å²) in [5.41, 5.74) is 3.05. The second kappa shape index (κ2) is 14.2. The maximum absolute atomic E-state index is 13.7. The van der Waals surface area contributed by atoms with Gasteiger partial charge in [0.25, 0.3) is 0 Å². The average molecular weight is 646 g/mol. The molecule has 3 amide bonds. The van der Waals surface area contributed by atoms with E-state index in [9.17, 15) is 19.6 Å². The van der Waals surface area contributed by atoms with E-state index in [-0.39, 0.29) is 30.8 Å². The molecule has 0 N–H and O–H groups in total. The van der Waals surface area contributed by atoms with Crippen LogP contribution >= 0.6 is 0 Å². The van der Waals surface area contributed by atoms with Crippen LogP contribution in [0, 0.1) is 17.2 Å². The van der Waals surface area contributed by atoms with Gasteiger partial charge in [0.2, 0.25) is 11.8 Å². The lowest BCUT2D eigenvalue weighted by molar-refractivity contribution is -0.137. The fraction of sp³-hybridized carbons (Fsp3) is 0.583. The van der Waals surface area contributed by atoms with E-state index in [4.69, 9.17) is 14.2 Å². The standard InChI is InChI=1S/C36H47N5O6/c1-23(2)45-34(43)39-16-13-25(14-17-39)24(3)46-32-12-11-28(21-38-32)26-9-10-27-19-31(33(42)40-15-7-8-30(40)20-37)41(22-29(27)18-26)35(44)47-36(4,5)6/h9-12,18,21,23-25,30-31H,7-8,13-17,19,22H2,1-6H3/t24-,30?,31-/m0/s1. The normalized spacial score (nSPS) is 20.8. The van der Waals surface area contributed by atoms with E-state index in [0.717, 1.165) is 41.5 Å². The summed E-state index contributed by atoms with van der Waals surface area (Å²) >= 11 is 0. The largest absolute Gasteiger partial charge is 0.474 e. The van der Waals surface area contributed by atoms with Crippen LogP contribution in [0.15, 0.2) is 36.5 Å². The molecular weight excluding hydrogens is 598 g/mol. The minimum Gasteiger partial charge on any atom is -0.474 e. The molecule has 47 heavy (non-hydrogen) atoms. The number of amides is 3. The van der Waals surface area contributed by atoms with Crippen LogP contribution in [0.3, 0.4) is 0 Å². The first-order valence-corrected chi connectivity index (χ1v) is 16.7. The number of nitrogens with zero attached hydrogens (tertiary/aromatic N) is 5. The first-order valence-electron chi connectivity index (χ1n) is 16.7. The number of hydrogen-bond acceptors (Lipinski definition) is 8. The molecule has 2 fully saturated rings. The van der Waals surface area contributed by atoms with E-state index >= 15 is 0 Å². The highest BCUT2D eigenvalue weighted by Gasteiger charge is 2.42. The van der Waals surface area contributed by atoms with Crippen LogP contribution in [0.5, 0.6) is 5.88 Å². The molecule has 0 saturated carbocycles. The Morgan fingerprint density at radius 3 is 2.30 bits per heavy atom. The SMILES string of the molecule is CC(C)OC(=O)N1CCC([C@H](C)Oc2ccc(-c3ccc4c(c3)CN(C(=O)OC(C)(C)C)[C@H](C(=O)N3CCCC3C#N)C4)cn2)CC1. The predicted molar refractivity (Wildman–Crippen MR) is 175 cm³/mol. The smallest absolute Gasteiger partial charge is 0.411 e. The Morgan fingerprint density at radius 2 is 1.66 bits per heavy atom. The number of pyridine rings is 1. The number of rotatable bonds is 6. The van der Waals surface area contributed by atoms with E-state index in [1.807, 2.05) is 51.1 Å². The summed E-state index contributed by atoms with van der Waals surface area (Å²) in [5, 5.41) is 9.60. The second-order valence-electron chi connectivity index (χ2n) is 14.1. The predicted octanol–water partition coefficient (Wildman–Crippen LogP) is 5.95. The number of nitriles is 1. The van der Waals surface area contributed by atoms with Crippen molar-refractivity contribution in [1.29, 1.82) is 5.26 Å². The molecule has 0 aliphatic carbocycles. The lowest BCUT2D eigenvalue weighted by atomic mass is 9.90. The first-order chi connectivity index (χ1) is 22.3. The monoisotopic (exact) mass is 645 g/mol. The zero-order chi connectivity index (χ0) is 33.9. The van der Waals surface area contributed by atoms with Crippen molar-refractivity contribution in [1.82, 2.24) is 19.7 Å². The molecule has 1 unspecified atom stereocenters. The molecule has 2 aromatic rings. The summed E-state index contributed by atoms with van der Waals surface area (Å²) in [7, 11) is 0. The molecule has 0 spiro atoms. The van der Waals surface area contributed by atoms with Crippen molar-refractivity contribution in [3.05, 3.63) is 47.7 Å². The maximum Gasteiger partial charge on any atom is 0.411 e. The van der Waals surface area contributed by atoms with Crippen molar-refractivity contribution in [2.24, 2.45) is 5.92 Å². The van der Waals surface area contributed by atoms with Crippen LogP contribution in [0.2, 0.25) is 0 Å². The van der Waals surface area contributed by atoms with Gasteiger partial charge in [-0.05, 0) is 102 Å². The van der Waals surface area contributed by atoms with Crippen LogP contribution in [0.4, 0.5) is 9.59 Å². The highest BCUT2D eigenvalue weighted by atomic mass is 16.6. The summed E-state index contributed by atoms with van der Waals surface area (Å²) < 4.78 is 17.3. The highest BCUT2D eigenvalue weighted by molar-refractivity contribution is 5.87. The van der Waals surface area contributed by atoms with Gasteiger partial charge in [-0.3, -0.25) is 9.69 Å².